The summed E-state index contributed by atoms with van der Waals surface area (Å²) < 4.78 is 32.7. The highest BCUT2D eigenvalue weighted by Crippen LogP contribution is 2.29. The lowest BCUT2D eigenvalue weighted by Crippen LogP contribution is -2.42. The fraction of sp³-hybridized carbons (Fsp3) is 0.350. The van der Waals surface area contributed by atoms with Gasteiger partial charge in [0.2, 0.25) is 5.96 Å². The zero-order valence-corrected chi connectivity index (χ0v) is 17.5. The second kappa shape index (κ2) is 8.84. The predicted molar refractivity (Wildman–Crippen MR) is 114 cm³/mol. The van der Waals surface area contributed by atoms with Crippen LogP contribution in [0.1, 0.15) is 24.3 Å². The van der Waals surface area contributed by atoms with Crippen LogP contribution in [0.3, 0.4) is 0 Å². The molecule has 0 bridgehead atoms. The fourth-order valence-electron chi connectivity index (χ4n) is 3.28. The Kier molecular flexibility index (Phi) is 6.46. The lowest BCUT2D eigenvalue weighted by Gasteiger charge is -2.34. The molecule has 0 aromatic heterocycles. The van der Waals surface area contributed by atoms with Crippen LogP contribution >= 0.6 is 11.6 Å². The summed E-state index contributed by atoms with van der Waals surface area (Å²) in [4.78, 5) is 1.98. The van der Waals surface area contributed by atoms with Gasteiger partial charge in [0, 0.05) is 23.8 Å². The van der Waals surface area contributed by atoms with E-state index in [4.69, 9.17) is 16.3 Å². The van der Waals surface area contributed by atoms with Gasteiger partial charge in [-0.05, 0) is 60.7 Å². The first-order valence-electron chi connectivity index (χ1n) is 9.05. The van der Waals surface area contributed by atoms with E-state index in [1.807, 2.05) is 17.0 Å². The molecule has 1 aliphatic rings. The molecule has 28 heavy (non-hydrogen) atoms. The number of hydrogen-bond acceptors (Lipinski definition) is 3. The standard InChI is InChI=1S/C20H24ClN3O3S/c1-27-19-9-3-15(4-10-19)16-11-13-24(14-12-16)20(23-28(2,25)26)22-18-7-5-17(21)6-8-18/h3-10,16H,11-14H2,1-2H3,(H,22,23). The van der Waals surface area contributed by atoms with E-state index in [9.17, 15) is 8.42 Å². The van der Waals surface area contributed by atoms with Crippen molar-refractivity contribution in [1.29, 1.82) is 0 Å². The van der Waals surface area contributed by atoms with E-state index < -0.39 is 10.0 Å². The van der Waals surface area contributed by atoms with Gasteiger partial charge < -0.3 is 15.0 Å². The number of anilines is 1. The van der Waals surface area contributed by atoms with Gasteiger partial charge in [0.1, 0.15) is 5.75 Å². The minimum atomic E-state index is -3.53. The van der Waals surface area contributed by atoms with Gasteiger partial charge in [-0.25, -0.2) is 8.42 Å². The van der Waals surface area contributed by atoms with Crippen LogP contribution in [0, 0.1) is 0 Å². The topological polar surface area (TPSA) is 71.0 Å². The Hall–Kier alpha value is -2.25. The smallest absolute Gasteiger partial charge is 0.253 e. The summed E-state index contributed by atoms with van der Waals surface area (Å²) in [7, 11) is -1.87. The van der Waals surface area contributed by atoms with Crippen molar-refractivity contribution in [1.82, 2.24) is 4.90 Å². The van der Waals surface area contributed by atoms with Gasteiger partial charge in [-0.1, -0.05) is 23.7 Å². The highest BCUT2D eigenvalue weighted by atomic mass is 35.5. The molecule has 0 saturated carbocycles. The van der Waals surface area contributed by atoms with E-state index in [0.717, 1.165) is 30.5 Å². The van der Waals surface area contributed by atoms with Crippen LogP contribution in [0.25, 0.3) is 0 Å². The number of piperidine rings is 1. The Morgan fingerprint density at radius 2 is 1.71 bits per heavy atom. The summed E-state index contributed by atoms with van der Waals surface area (Å²) in [5.74, 6) is 1.62. The average Bonchev–Trinajstić information content (AvgIpc) is 2.68. The van der Waals surface area contributed by atoms with Crippen LogP contribution in [-0.2, 0) is 10.0 Å². The number of guanidine groups is 1. The number of methoxy groups -OCH3 is 1. The van der Waals surface area contributed by atoms with Gasteiger partial charge in [-0.3, -0.25) is 0 Å². The molecule has 8 heteroatoms. The lowest BCUT2D eigenvalue weighted by atomic mass is 9.89. The first kappa shape index (κ1) is 20.5. The number of halogens is 1. The highest BCUT2D eigenvalue weighted by molar-refractivity contribution is 7.89. The maximum Gasteiger partial charge on any atom is 0.253 e. The summed E-state index contributed by atoms with van der Waals surface area (Å²) in [6.07, 6.45) is 2.93. The molecule has 0 aliphatic carbocycles. The average molecular weight is 422 g/mol. The first-order chi connectivity index (χ1) is 13.3. The number of ether oxygens (including phenoxy) is 1. The maximum atomic E-state index is 11.8. The molecule has 0 spiro atoms. The van der Waals surface area contributed by atoms with Gasteiger partial charge in [0.05, 0.1) is 13.4 Å². The summed E-state index contributed by atoms with van der Waals surface area (Å²) in [5, 5.41) is 3.74. The second-order valence-corrected chi connectivity index (χ2v) is 8.90. The van der Waals surface area contributed by atoms with Crippen molar-refractivity contribution < 1.29 is 13.2 Å². The molecule has 6 nitrogen and oxygen atoms in total. The summed E-state index contributed by atoms with van der Waals surface area (Å²) in [6.45, 7) is 1.43. The summed E-state index contributed by atoms with van der Waals surface area (Å²) in [6, 6.07) is 15.2. The number of sulfonamides is 1. The molecule has 2 aromatic carbocycles. The largest absolute Gasteiger partial charge is 0.497 e. The SMILES string of the molecule is COc1ccc(C2CCN(C(=NS(C)(=O)=O)Nc3ccc(Cl)cc3)CC2)cc1. The van der Waals surface area contributed by atoms with E-state index in [-0.39, 0.29) is 0 Å². The number of benzene rings is 2. The third-order valence-corrected chi connectivity index (χ3v) is 5.49. The zero-order valence-electron chi connectivity index (χ0n) is 15.9. The van der Waals surface area contributed by atoms with Gasteiger partial charge in [0.15, 0.2) is 0 Å². The maximum absolute atomic E-state index is 11.8. The molecule has 150 valence electrons. The van der Waals surface area contributed by atoms with Crippen molar-refractivity contribution >= 4 is 33.3 Å². The first-order valence-corrected chi connectivity index (χ1v) is 11.3. The van der Waals surface area contributed by atoms with Crippen molar-refractivity contribution in [3.8, 4) is 5.75 Å². The van der Waals surface area contributed by atoms with Gasteiger partial charge in [-0.15, -0.1) is 4.40 Å². The highest BCUT2D eigenvalue weighted by Gasteiger charge is 2.24. The van der Waals surface area contributed by atoms with E-state index in [2.05, 4.69) is 21.8 Å². The number of hydrogen-bond donors (Lipinski definition) is 1. The van der Waals surface area contributed by atoms with Crippen molar-refractivity contribution in [3.63, 3.8) is 0 Å². The molecule has 1 heterocycles. The second-order valence-electron chi connectivity index (χ2n) is 6.81. The van der Waals surface area contributed by atoms with E-state index >= 15 is 0 Å². The number of nitrogens with one attached hydrogen (secondary N) is 1. The van der Waals surface area contributed by atoms with E-state index in [0.29, 0.717) is 30.0 Å². The van der Waals surface area contributed by atoms with Crippen molar-refractivity contribution in [3.05, 3.63) is 59.1 Å². The fourth-order valence-corrected chi connectivity index (χ4v) is 3.88. The zero-order chi connectivity index (χ0) is 20.1. The van der Waals surface area contributed by atoms with Crippen LogP contribution in [0.15, 0.2) is 52.9 Å². The normalized spacial score (nSPS) is 16.1. The molecule has 0 amide bonds. The molecule has 1 fully saturated rings. The van der Waals surface area contributed by atoms with Gasteiger partial charge in [-0.2, -0.15) is 0 Å². The predicted octanol–water partition coefficient (Wildman–Crippen LogP) is 3.96. The molecule has 0 atom stereocenters. The molecule has 2 aromatic rings. The van der Waals surface area contributed by atoms with E-state index in [1.165, 1.54) is 5.56 Å². The van der Waals surface area contributed by atoms with Crippen LogP contribution in [0.4, 0.5) is 5.69 Å². The monoisotopic (exact) mass is 421 g/mol. The third kappa shape index (κ3) is 5.62. The minimum absolute atomic E-state index is 0.345. The van der Waals surface area contributed by atoms with Crippen molar-refractivity contribution in [2.75, 3.05) is 31.8 Å². The molecule has 0 radical (unpaired) electrons. The third-order valence-electron chi connectivity index (χ3n) is 4.73. The molecular formula is C20H24ClN3O3S. The molecule has 1 saturated heterocycles. The summed E-state index contributed by atoms with van der Waals surface area (Å²) >= 11 is 5.92. The molecular weight excluding hydrogens is 398 g/mol. The Morgan fingerprint density at radius 1 is 1.11 bits per heavy atom. The van der Waals surface area contributed by atoms with Crippen LogP contribution in [0.2, 0.25) is 5.02 Å². The van der Waals surface area contributed by atoms with Crippen LogP contribution in [0.5, 0.6) is 5.75 Å². The van der Waals surface area contributed by atoms with E-state index in [1.54, 1.807) is 31.4 Å². The molecule has 3 rings (SSSR count). The van der Waals surface area contributed by atoms with Gasteiger partial charge in [0.25, 0.3) is 10.0 Å². The number of nitrogens with zero attached hydrogens (tertiary/aromatic N) is 2. The van der Waals surface area contributed by atoms with Crippen molar-refractivity contribution in [2.24, 2.45) is 4.40 Å². The molecule has 1 aliphatic heterocycles. The molecule has 1 N–H and O–H groups in total. The van der Waals surface area contributed by atoms with Gasteiger partial charge >= 0.3 is 0 Å². The quantitative estimate of drug-likeness (QED) is 0.597. The Bertz CT molecular complexity index is 920. The molecule has 0 unspecified atom stereocenters. The lowest BCUT2D eigenvalue weighted by molar-refractivity contribution is 0.312. The van der Waals surface area contributed by atoms with Crippen molar-refractivity contribution in [2.45, 2.75) is 18.8 Å². The minimum Gasteiger partial charge on any atom is -0.497 e. The Labute approximate surface area is 171 Å². The Balaban J connectivity index is 1.71. The van der Waals surface area contributed by atoms with Crippen LogP contribution < -0.4 is 10.1 Å². The summed E-state index contributed by atoms with van der Waals surface area (Å²) in [5.41, 5.74) is 2.01. The van der Waals surface area contributed by atoms with Crippen LogP contribution in [-0.4, -0.2) is 45.7 Å². The number of likely N-dealkylation sites (tertiary alicyclic amines) is 1. The Morgan fingerprint density at radius 3 is 2.25 bits per heavy atom. The number of rotatable bonds is 4.